The van der Waals surface area contributed by atoms with Crippen molar-refractivity contribution in [3.05, 3.63) is 29.3 Å². The van der Waals surface area contributed by atoms with Gasteiger partial charge in [0, 0.05) is 25.2 Å². The lowest BCUT2D eigenvalue weighted by molar-refractivity contribution is -0.125. The highest BCUT2D eigenvalue weighted by atomic mass is 16.6. The van der Waals surface area contributed by atoms with E-state index in [0.717, 1.165) is 29.7 Å². The van der Waals surface area contributed by atoms with Gasteiger partial charge in [-0.25, -0.2) is 4.79 Å². The SMILES string of the molecule is Cc1cccc(C)c1NC(=O)CNC(=O)CC1CCN(C(=O)OC(C)(C)C)CC1. The molecule has 1 aliphatic rings. The Kier molecular flexibility index (Phi) is 7.65. The third-order valence-corrected chi connectivity index (χ3v) is 4.93. The van der Waals surface area contributed by atoms with Gasteiger partial charge in [-0.15, -0.1) is 0 Å². The first-order valence-corrected chi connectivity index (χ1v) is 10.2. The quantitative estimate of drug-likeness (QED) is 0.789. The summed E-state index contributed by atoms with van der Waals surface area (Å²) >= 11 is 0. The van der Waals surface area contributed by atoms with Crippen molar-refractivity contribution in [2.45, 2.75) is 59.5 Å². The summed E-state index contributed by atoms with van der Waals surface area (Å²) in [5.41, 5.74) is 2.26. The Hall–Kier alpha value is -2.57. The Bertz CT molecular complexity index is 727. The highest BCUT2D eigenvalue weighted by Gasteiger charge is 2.27. The number of amides is 3. The van der Waals surface area contributed by atoms with Gasteiger partial charge < -0.3 is 20.3 Å². The molecule has 1 saturated heterocycles. The molecule has 0 aliphatic carbocycles. The first kappa shape index (κ1) is 22.7. The van der Waals surface area contributed by atoms with E-state index in [4.69, 9.17) is 4.74 Å². The second-order valence-corrected chi connectivity index (χ2v) is 8.71. The van der Waals surface area contributed by atoms with Crippen LogP contribution in [-0.4, -0.2) is 48.0 Å². The molecule has 0 atom stereocenters. The molecule has 0 bridgehead atoms. The molecule has 160 valence electrons. The number of para-hydroxylation sites is 1. The maximum atomic E-state index is 12.2. The third kappa shape index (κ3) is 7.40. The van der Waals surface area contributed by atoms with Gasteiger partial charge in [0.2, 0.25) is 11.8 Å². The van der Waals surface area contributed by atoms with Crippen molar-refractivity contribution in [3.8, 4) is 0 Å². The molecule has 29 heavy (non-hydrogen) atoms. The number of anilines is 1. The van der Waals surface area contributed by atoms with Crippen LogP contribution >= 0.6 is 0 Å². The fraction of sp³-hybridized carbons (Fsp3) is 0.591. The molecule has 1 aromatic carbocycles. The third-order valence-electron chi connectivity index (χ3n) is 4.93. The molecule has 3 amide bonds. The summed E-state index contributed by atoms with van der Waals surface area (Å²) < 4.78 is 5.39. The lowest BCUT2D eigenvalue weighted by atomic mass is 9.93. The zero-order valence-corrected chi connectivity index (χ0v) is 18.1. The van der Waals surface area contributed by atoms with E-state index in [-0.39, 0.29) is 30.4 Å². The topological polar surface area (TPSA) is 87.7 Å². The second kappa shape index (κ2) is 9.76. The van der Waals surface area contributed by atoms with E-state index in [9.17, 15) is 14.4 Å². The van der Waals surface area contributed by atoms with E-state index in [1.807, 2.05) is 52.8 Å². The summed E-state index contributed by atoms with van der Waals surface area (Å²) in [4.78, 5) is 38.2. The Morgan fingerprint density at radius 3 is 2.21 bits per heavy atom. The monoisotopic (exact) mass is 403 g/mol. The number of carbonyl (C=O) groups is 3. The van der Waals surface area contributed by atoms with Crippen LogP contribution in [0.25, 0.3) is 0 Å². The van der Waals surface area contributed by atoms with Gasteiger partial charge in [-0.1, -0.05) is 18.2 Å². The van der Waals surface area contributed by atoms with Crippen LogP contribution in [0.5, 0.6) is 0 Å². The zero-order valence-electron chi connectivity index (χ0n) is 18.1. The standard InChI is InChI=1S/C22H33N3O4/c1-15-7-6-8-16(2)20(15)24-19(27)14-23-18(26)13-17-9-11-25(12-10-17)21(28)29-22(3,4)5/h6-8,17H,9-14H2,1-5H3,(H,23,26)(H,24,27). The van der Waals surface area contributed by atoms with Gasteiger partial charge in [0.1, 0.15) is 5.60 Å². The molecule has 7 nitrogen and oxygen atoms in total. The maximum absolute atomic E-state index is 12.2. The number of hydrogen-bond donors (Lipinski definition) is 2. The van der Waals surface area contributed by atoms with E-state index in [0.29, 0.717) is 19.5 Å². The van der Waals surface area contributed by atoms with E-state index in [1.54, 1.807) is 4.90 Å². The molecule has 0 unspecified atom stereocenters. The number of benzene rings is 1. The predicted molar refractivity (Wildman–Crippen MR) is 113 cm³/mol. The predicted octanol–water partition coefficient (Wildman–Crippen LogP) is 3.40. The minimum atomic E-state index is -0.509. The fourth-order valence-corrected chi connectivity index (χ4v) is 3.35. The van der Waals surface area contributed by atoms with Crippen LogP contribution in [0.3, 0.4) is 0 Å². The summed E-state index contributed by atoms with van der Waals surface area (Å²) in [5, 5.41) is 5.56. The Morgan fingerprint density at radius 1 is 1.07 bits per heavy atom. The van der Waals surface area contributed by atoms with Crippen LogP contribution in [0.1, 0.15) is 51.2 Å². The number of nitrogens with zero attached hydrogens (tertiary/aromatic N) is 1. The lowest BCUT2D eigenvalue weighted by Gasteiger charge is -2.33. The van der Waals surface area contributed by atoms with Gasteiger partial charge in [0.05, 0.1) is 6.54 Å². The second-order valence-electron chi connectivity index (χ2n) is 8.71. The average molecular weight is 404 g/mol. The molecule has 0 radical (unpaired) electrons. The van der Waals surface area contributed by atoms with E-state index >= 15 is 0 Å². The van der Waals surface area contributed by atoms with Gasteiger partial charge in [-0.3, -0.25) is 9.59 Å². The van der Waals surface area contributed by atoms with Crippen LogP contribution < -0.4 is 10.6 Å². The summed E-state index contributed by atoms with van der Waals surface area (Å²) in [6.45, 7) is 10.5. The van der Waals surface area contributed by atoms with Gasteiger partial charge in [0.15, 0.2) is 0 Å². The molecule has 1 fully saturated rings. The molecule has 0 saturated carbocycles. The van der Waals surface area contributed by atoms with Crippen molar-refractivity contribution in [2.75, 3.05) is 25.0 Å². The van der Waals surface area contributed by atoms with Crippen LogP contribution in [0.2, 0.25) is 0 Å². The first-order valence-electron chi connectivity index (χ1n) is 10.2. The van der Waals surface area contributed by atoms with Gasteiger partial charge >= 0.3 is 6.09 Å². The number of carbonyl (C=O) groups excluding carboxylic acids is 3. The summed E-state index contributed by atoms with van der Waals surface area (Å²) in [7, 11) is 0. The highest BCUT2D eigenvalue weighted by Crippen LogP contribution is 2.22. The van der Waals surface area contributed by atoms with Crippen molar-refractivity contribution < 1.29 is 19.1 Å². The van der Waals surface area contributed by atoms with Crippen LogP contribution in [0.15, 0.2) is 18.2 Å². The van der Waals surface area contributed by atoms with Crippen LogP contribution in [-0.2, 0) is 14.3 Å². The smallest absolute Gasteiger partial charge is 0.410 e. The summed E-state index contributed by atoms with van der Waals surface area (Å²) in [6.07, 6.45) is 1.56. The number of rotatable bonds is 5. The number of nitrogens with one attached hydrogen (secondary N) is 2. The Morgan fingerprint density at radius 2 is 1.66 bits per heavy atom. The average Bonchev–Trinajstić information content (AvgIpc) is 2.62. The number of ether oxygens (including phenoxy) is 1. The van der Waals surface area contributed by atoms with Crippen molar-refractivity contribution in [3.63, 3.8) is 0 Å². The van der Waals surface area contributed by atoms with Crippen molar-refractivity contribution in [1.29, 1.82) is 0 Å². The van der Waals surface area contributed by atoms with Gasteiger partial charge in [-0.2, -0.15) is 0 Å². The van der Waals surface area contributed by atoms with Crippen LogP contribution in [0, 0.1) is 19.8 Å². The normalized spacial score (nSPS) is 15.0. The van der Waals surface area contributed by atoms with Crippen molar-refractivity contribution >= 4 is 23.6 Å². The van der Waals surface area contributed by atoms with Gasteiger partial charge in [0.25, 0.3) is 0 Å². The molecular weight excluding hydrogens is 370 g/mol. The first-order chi connectivity index (χ1) is 13.5. The zero-order chi connectivity index (χ0) is 21.6. The Labute approximate surface area is 173 Å². The van der Waals surface area contributed by atoms with E-state index in [1.165, 1.54) is 0 Å². The number of piperidine rings is 1. The highest BCUT2D eigenvalue weighted by molar-refractivity contribution is 5.95. The molecular formula is C22H33N3O4. The number of likely N-dealkylation sites (tertiary alicyclic amines) is 1. The maximum Gasteiger partial charge on any atom is 0.410 e. The largest absolute Gasteiger partial charge is 0.444 e. The Balaban J connectivity index is 1.71. The van der Waals surface area contributed by atoms with Gasteiger partial charge in [-0.05, 0) is 64.5 Å². The lowest BCUT2D eigenvalue weighted by Crippen LogP contribution is -2.42. The molecule has 1 aromatic rings. The molecule has 7 heteroatoms. The molecule has 0 aromatic heterocycles. The van der Waals surface area contributed by atoms with Crippen molar-refractivity contribution in [2.24, 2.45) is 5.92 Å². The van der Waals surface area contributed by atoms with Crippen molar-refractivity contribution in [1.82, 2.24) is 10.2 Å². The van der Waals surface area contributed by atoms with E-state index < -0.39 is 5.60 Å². The molecule has 1 heterocycles. The fourth-order valence-electron chi connectivity index (χ4n) is 3.35. The summed E-state index contributed by atoms with van der Waals surface area (Å²) in [6, 6.07) is 5.81. The molecule has 2 rings (SSSR count). The van der Waals surface area contributed by atoms with E-state index in [2.05, 4.69) is 10.6 Å². The number of hydrogen-bond acceptors (Lipinski definition) is 4. The molecule has 2 N–H and O–H groups in total. The minimum absolute atomic E-state index is 0.0522. The molecule has 1 aliphatic heterocycles. The molecule has 0 spiro atoms. The van der Waals surface area contributed by atoms with Crippen LogP contribution in [0.4, 0.5) is 10.5 Å². The number of aryl methyl sites for hydroxylation is 2. The summed E-state index contributed by atoms with van der Waals surface area (Å²) in [5.74, 6) is -0.178. The minimum Gasteiger partial charge on any atom is -0.444 e.